The van der Waals surface area contributed by atoms with Crippen LogP contribution in [0.3, 0.4) is 0 Å². The molecule has 0 aliphatic carbocycles. The minimum absolute atomic E-state index is 0.178. The van der Waals surface area contributed by atoms with E-state index in [1.165, 1.54) is 11.6 Å². The van der Waals surface area contributed by atoms with Crippen LogP contribution in [0.1, 0.15) is 44.1 Å². The molecule has 3 aromatic rings. The van der Waals surface area contributed by atoms with Gasteiger partial charge in [-0.05, 0) is 48.8 Å². The molecule has 3 aromatic carbocycles. The van der Waals surface area contributed by atoms with E-state index in [1.807, 2.05) is 74.8 Å². The van der Waals surface area contributed by atoms with Crippen LogP contribution in [0.25, 0.3) is 12.2 Å². The van der Waals surface area contributed by atoms with Crippen molar-refractivity contribution in [1.82, 2.24) is 4.90 Å². The third-order valence-electron chi connectivity index (χ3n) is 5.61. The lowest BCUT2D eigenvalue weighted by Gasteiger charge is -2.19. The van der Waals surface area contributed by atoms with Crippen LogP contribution < -0.4 is 11.5 Å². The van der Waals surface area contributed by atoms with Crippen LogP contribution in [-0.2, 0) is 22.6 Å². The molecule has 1 unspecified atom stereocenters. The Kier molecular flexibility index (Phi) is 8.58. The first-order chi connectivity index (χ1) is 16.7. The second-order valence-corrected chi connectivity index (χ2v) is 8.96. The molecule has 35 heavy (non-hydrogen) atoms. The zero-order chi connectivity index (χ0) is 25.5. The molecule has 2 amide bonds. The summed E-state index contributed by atoms with van der Waals surface area (Å²) in [5.74, 6) is -3.35. The van der Waals surface area contributed by atoms with Gasteiger partial charge in [-0.25, -0.2) is 0 Å². The molecule has 4 N–H and O–H groups in total. The highest BCUT2D eigenvalue weighted by Gasteiger charge is 2.29. The van der Waals surface area contributed by atoms with Crippen molar-refractivity contribution < 1.29 is 14.4 Å². The highest BCUT2D eigenvalue weighted by molar-refractivity contribution is 6.39. The van der Waals surface area contributed by atoms with Gasteiger partial charge in [0, 0.05) is 17.7 Å². The first-order valence-electron chi connectivity index (χ1n) is 11.1. The summed E-state index contributed by atoms with van der Waals surface area (Å²) < 4.78 is 0. The van der Waals surface area contributed by atoms with Gasteiger partial charge in [0.05, 0.1) is 10.9 Å². The topological polar surface area (TPSA) is 106 Å². The Morgan fingerprint density at radius 2 is 1.54 bits per heavy atom. The van der Waals surface area contributed by atoms with Crippen LogP contribution in [0, 0.1) is 0 Å². The number of hydrogen-bond acceptors (Lipinski definition) is 4. The Balaban J connectivity index is 2.03. The molecule has 7 heteroatoms. The van der Waals surface area contributed by atoms with Crippen molar-refractivity contribution in [3.05, 3.63) is 105 Å². The summed E-state index contributed by atoms with van der Waals surface area (Å²) in [5.41, 5.74) is 14.9. The standard InChI is InChI=1S/C28H28ClN3O3/c1-32(2)17-20-10-8-18(9-11-20)12-13-21-23(27(30)34)15-14-22(25(21)29)24(26(33)28(31)35)16-19-6-4-3-5-7-19/h3-15,24H,16-17H2,1-2H3,(H2,30,34)(H2,31,35)/b13-12+. The van der Waals surface area contributed by atoms with Crippen LogP contribution in [0.15, 0.2) is 66.7 Å². The van der Waals surface area contributed by atoms with Gasteiger partial charge in [0.15, 0.2) is 0 Å². The monoisotopic (exact) mass is 489 g/mol. The van der Waals surface area contributed by atoms with E-state index in [2.05, 4.69) is 4.90 Å². The Morgan fingerprint density at radius 1 is 0.886 bits per heavy atom. The van der Waals surface area contributed by atoms with Crippen LogP contribution in [0.5, 0.6) is 0 Å². The highest BCUT2D eigenvalue weighted by atomic mass is 35.5. The van der Waals surface area contributed by atoms with Crippen molar-refractivity contribution in [3.63, 3.8) is 0 Å². The second-order valence-electron chi connectivity index (χ2n) is 8.58. The number of ketones is 1. The summed E-state index contributed by atoms with van der Waals surface area (Å²) in [4.78, 5) is 38.8. The average Bonchev–Trinajstić information content (AvgIpc) is 2.82. The zero-order valence-electron chi connectivity index (χ0n) is 19.7. The van der Waals surface area contributed by atoms with Gasteiger partial charge in [-0.2, -0.15) is 0 Å². The van der Waals surface area contributed by atoms with E-state index in [9.17, 15) is 14.4 Å². The maximum Gasteiger partial charge on any atom is 0.285 e. The van der Waals surface area contributed by atoms with E-state index in [4.69, 9.17) is 23.1 Å². The number of carbonyl (C=O) groups excluding carboxylic acids is 3. The average molecular weight is 490 g/mol. The Hall–Kier alpha value is -3.74. The fourth-order valence-electron chi connectivity index (χ4n) is 3.90. The summed E-state index contributed by atoms with van der Waals surface area (Å²) >= 11 is 6.75. The van der Waals surface area contributed by atoms with Gasteiger partial charge in [-0.1, -0.05) is 84.4 Å². The number of carbonyl (C=O) groups is 3. The molecule has 3 rings (SSSR count). The molecule has 0 aliphatic rings. The minimum Gasteiger partial charge on any atom is -0.366 e. The fourth-order valence-corrected chi connectivity index (χ4v) is 4.26. The molecule has 1 atom stereocenters. The summed E-state index contributed by atoms with van der Waals surface area (Å²) in [6, 6.07) is 20.3. The fraction of sp³-hybridized carbons (Fsp3) is 0.179. The number of Topliss-reactive ketones (excluding diaryl/α,β-unsaturated/α-hetero) is 1. The largest absolute Gasteiger partial charge is 0.366 e. The summed E-state index contributed by atoms with van der Waals surface area (Å²) in [6.07, 6.45) is 3.74. The zero-order valence-corrected chi connectivity index (χ0v) is 20.5. The normalized spacial score (nSPS) is 12.1. The first kappa shape index (κ1) is 25.9. The van der Waals surface area contributed by atoms with Crippen molar-refractivity contribution >= 4 is 41.4 Å². The number of hydrogen-bond donors (Lipinski definition) is 2. The maximum atomic E-state index is 12.8. The lowest BCUT2D eigenvalue weighted by atomic mass is 9.86. The Labute approximate surface area is 210 Å². The Bertz CT molecular complexity index is 1250. The number of rotatable bonds is 10. The highest BCUT2D eigenvalue weighted by Crippen LogP contribution is 2.34. The number of amides is 2. The molecular weight excluding hydrogens is 462 g/mol. The molecule has 0 spiro atoms. The molecule has 0 radical (unpaired) electrons. The quantitative estimate of drug-likeness (QED) is 0.331. The van der Waals surface area contributed by atoms with Crippen molar-refractivity contribution in [3.8, 4) is 0 Å². The molecule has 0 saturated heterocycles. The van der Waals surface area contributed by atoms with Gasteiger partial charge in [0.25, 0.3) is 5.91 Å². The lowest BCUT2D eigenvalue weighted by molar-refractivity contribution is -0.136. The van der Waals surface area contributed by atoms with Crippen molar-refractivity contribution in [2.75, 3.05) is 14.1 Å². The van der Waals surface area contributed by atoms with Gasteiger partial charge in [-0.15, -0.1) is 0 Å². The third-order valence-corrected chi connectivity index (χ3v) is 6.04. The summed E-state index contributed by atoms with van der Waals surface area (Å²) in [5, 5.41) is 0.178. The van der Waals surface area contributed by atoms with Crippen LogP contribution in [0.2, 0.25) is 5.02 Å². The molecule has 0 saturated carbocycles. The van der Waals surface area contributed by atoms with Crippen LogP contribution in [-0.4, -0.2) is 36.6 Å². The molecule has 0 aliphatic heterocycles. The van der Waals surface area contributed by atoms with Gasteiger partial charge < -0.3 is 16.4 Å². The van der Waals surface area contributed by atoms with Crippen molar-refractivity contribution in [2.24, 2.45) is 11.5 Å². The van der Waals surface area contributed by atoms with Gasteiger partial charge >= 0.3 is 0 Å². The van der Waals surface area contributed by atoms with Crippen molar-refractivity contribution in [2.45, 2.75) is 18.9 Å². The van der Waals surface area contributed by atoms with E-state index in [0.717, 1.165) is 17.7 Å². The van der Waals surface area contributed by atoms with Crippen molar-refractivity contribution in [1.29, 1.82) is 0 Å². The second kappa shape index (κ2) is 11.6. The predicted molar refractivity (Wildman–Crippen MR) is 140 cm³/mol. The third kappa shape index (κ3) is 6.66. The van der Waals surface area contributed by atoms with Gasteiger partial charge in [0.2, 0.25) is 11.7 Å². The van der Waals surface area contributed by atoms with Crippen LogP contribution >= 0.6 is 11.6 Å². The Morgan fingerprint density at radius 3 is 2.11 bits per heavy atom. The number of primary amides is 2. The lowest BCUT2D eigenvalue weighted by Crippen LogP contribution is -2.30. The maximum absolute atomic E-state index is 12.8. The molecule has 180 valence electrons. The minimum atomic E-state index is -1.05. The molecule has 0 fully saturated rings. The molecule has 0 heterocycles. The van der Waals surface area contributed by atoms with Gasteiger partial charge in [0.1, 0.15) is 0 Å². The van der Waals surface area contributed by atoms with Crippen LogP contribution in [0.4, 0.5) is 0 Å². The summed E-state index contributed by atoms with van der Waals surface area (Å²) in [7, 11) is 4.00. The number of halogens is 1. The van der Waals surface area contributed by atoms with Gasteiger partial charge in [-0.3, -0.25) is 14.4 Å². The summed E-state index contributed by atoms with van der Waals surface area (Å²) in [6.45, 7) is 0.820. The molecule has 0 bridgehead atoms. The van der Waals surface area contributed by atoms with E-state index in [-0.39, 0.29) is 17.0 Å². The molecular formula is C28H28ClN3O3. The predicted octanol–water partition coefficient (Wildman–Crippen LogP) is 4.05. The smallest absolute Gasteiger partial charge is 0.285 e. The number of nitrogens with two attached hydrogens (primary N) is 2. The number of benzene rings is 3. The van der Waals surface area contributed by atoms with E-state index in [0.29, 0.717) is 11.1 Å². The SMILES string of the molecule is CN(C)Cc1ccc(/C=C/c2c(C(N)=O)ccc(C(Cc3ccccc3)C(=O)C(N)=O)c2Cl)cc1. The van der Waals surface area contributed by atoms with E-state index in [1.54, 1.807) is 12.1 Å². The molecule has 0 aromatic heterocycles. The van der Waals surface area contributed by atoms with E-state index >= 15 is 0 Å². The van der Waals surface area contributed by atoms with E-state index < -0.39 is 23.5 Å². The number of nitrogens with zero attached hydrogens (tertiary/aromatic N) is 1. The first-order valence-corrected chi connectivity index (χ1v) is 11.5. The molecule has 6 nitrogen and oxygen atoms in total.